The number of carbonyl (C=O) groups is 2. The Hall–Kier alpha value is -1.71. The van der Waals surface area contributed by atoms with Crippen molar-refractivity contribution in [1.29, 1.82) is 0 Å². The van der Waals surface area contributed by atoms with Gasteiger partial charge in [-0.25, -0.2) is 4.39 Å². The maximum absolute atomic E-state index is 13.1. The Morgan fingerprint density at radius 3 is 2.94 bits per heavy atom. The number of aryl methyl sites for hydroxylation is 1. The summed E-state index contributed by atoms with van der Waals surface area (Å²) in [5.41, 5.74) is 1.57. The molecule has 16 heavy (non-hydrogen) atoms. The van der Waals surface area contributed by atoms with E-state index in [9.17, 15) is 14.0 Å². The van der Waals surface area contributed by atoms with Crippen molar-refractivity contribution in [3.63, 3.8) is 0 Å². The first-order chi connectivity index (χ1) is 7.72. The number of benzene rings is 1. The van der Waals surface area contributed by atoms with Crippen LogP contribution in [0.5, 0.6) is 0 Å². The molecule has 84 valence electrons. The van der Waals surface area contributed by atoms with E-state index in [-0.39, 0.29) is 18.1 Å². The molecular formula is C12H12FNO2. The number of rotatable bonds is 3. The molecule has 2 rings (SSSR count). The van der Waals surface area contributed by atoms with Gasteiger partial charge in [-0.3, -0.25) is 4.79 Å². The number of carbonyl (C=O) groups excluding carboxylic acids is 2. The van der Waals surface area contributed by atoms with Crippen molar-refractivity contribution in [2.45, 2.75) is 19.3 Å². The number of hydrogen-bond donors (Lipinski definition) is 0. The van der Waals surface area contributed by atoms with Gasteiger partial charge in [-0.05, 0) is 24.1 Å². The summed E-state index contributed by atoms with van der Waals surface area (Å²) in [6, 6.07) is 4.45. The van der Waals surface area contributed by atoms with Gasteiger partial charge in [0.1, 0.15) is 12.1 Å². The number of amides is 1. The van der Waals surface area contributed by atoms with Gasteiger partial charge in [-0.2, -0.15) is 0 Å². The van der Waals surface area contributed by atoms with Crippen LogP contribution in [0.4, 0.5) is 10.1 Å². The minimum absolute atomic E-state index is 0.0417. The number of nitrogens with zero attached hydrogens (tertiary/aromatic N) is 1. The van der Waals surface area contributed by atoms with E-state index >= 15 is 0 Å². The molecule has 1 aliphatic heterocycles. The molecule has 1 aromatic carbocycles. The molecule has 1 aliphatic rings. The average molecular weight is 221 g/mol. The molecule has 0 N–H and O–H groups in total. The van der Waals surface area contributed by atoms with Crippen LogP contribution in [-0.4, -0.2) is 18.7 Å². The molecule has 4 heteroatoms. The summed E-state index contributed by atoms with van der Waals surface area (Å²) >= 11 is 0. The molecule has 0 saturated heterocycles. The minimum atomic E-state index is -0.357. The lowest BCUT2D eigenvalue weighted by atomic mass is 10.0. The summed E-state index contributed by atoms with van der Waals surface area (Å²) in [6.45, 7) is 0.332. The Morgan fingerprint density at radius 2 is 2.19 bits per heavy atom. The van der Waals surface area contributed by atoms with Gasteiger partial charge in [-0.15, -0.1) is 0 Å². The molecule has 0 unspecified atom stereocenters. The Labute approximate surface area is 92.9 Å². The van der Waals surface area contributed by atoms with Crippen molar-refractivity contribution in [1.82, 2.24) is 0 Å². The van der Waals surface area contributed by atoms with Gasteiger partial charge in [0.15, 0.2) is 0 Å². The van der Waals surface area contributed by atoms with Crippen molar-refractivity contribution in [2.24, 2.45) is 0 Å². The number of aldehydes is 1. The van der Waals surface area contributed by atoms with Crippen LogP contribution in [0.3, 0.4) is 0 Å². The monoisotopic (exact) mass is 221 g/mol. The second-order valence-electron chi connectivity index (χ2n) is 3.77. The lowest BCUT2D eigenvalue weighted by molar-refractivity contribution is -0.118. The summed E-state index contributed by atoms with van der Waals surface area (Å²) in [4.78, 5) is 23.5. The van der Waals surface area contributed by atoms with Crippen LogP contribution in [0.1, 0.15) is 18.4 Å². The number of fused-ring (bicyclic) bond motifs is 1. The predicted octanol–water partition coefficient (Wildman–Crippen LogP) is 1.69. The highest BCUT2D eigenvalue weighted by Crippen LogP contribution is 2.28. The largest absolute Gasteiger partial charge is 0.312 e. The highest BCUT2D eigenvalue weighted by atomic mass is 19.1. The second kappa shape index (κ2) is 4.43. The molecule has 1 aromatic rings. The Morgan fingerprint density at radius 1 is 1.38 bits per heavy atom. The van der Waals surface area contributed by atoms with Gasteiger partial charge < -0.3 is 9.69 Å². The van der Waals surface area contributed by atoms with E-state index in [4.69, 9.17) is 0 Å². The lowest BCUT2D eigenvalue weighted by Crippen LogP contribution is -2.36. The normalized spacial score (nSPS) is 14.8. The molecule has 1 heterocycles. The summed E-state index contributed by atoms with van der Waals surface area (Å²) in [6.07, 6.45) is 2.12. The van der Waals surface area contributed by atoms with Crippen LogP contribution in [0.15, 0.2) is 18.2 Å². The average Bonchev–Trinajstić information content (AvgIpc) is 2.28. The van der Waals surface area contributed by atoms with Gasteiger partial charge in [0.25, 0.3) is 0 Å². The van der Waals surface area contributed by atoms with E-state index < -0.39 is 0 Å². The number of hydrogen-bond acceptors (Lipinski definition) is 2. The zero-order valence-corrected chi connectivity index (χ0v) is 8.78. The van der Waals surface area contributed by atoms with Crippen LogP contribution >= 0.6 is 0 Å². The first-order valence-electron chi connectivity index (χ1n) is 5.25. The fraction of sp³-hybridized carbons (Fsp3) is 0.333. The maximum atomic E-state index is 13.1. The Bertz CT molecular complexity index is 431. The minimum Gasteiger partial charge on any atom is -0.312 e. The molecule has 0 saturated carbocycles. The fourth-order valence-electron chi connectivity index (χ4n) is 1.94. The SMILES string of the molecule is O=CCCN1C(=O)CCc2ccc(F)cc21. The Balaban J connectivity index is 2.34. The number of halogens is 1. The first-order valence-corrected chi connectivity index (χ1v) is 5.25. The van der Waals surface area contributed by atoms with E-state index in [1.54, 1.807) is 6.07 Å². The van der Waals surface area contributed by atoms with E-state index in [1.165, 1.54) is 17.0 Å². The van der Waals surface area contributed by atoms with Crippen LogP contribution in [0.2, 0.25) is 0 Å². The lowest BCUT2D eigenvalue weighted by Gasteiger charge is -2.28. The molecule has 1 amide bonds. The van der Waals surface area contributed by atoms with Crippen molar-refractivity contribution in [3.8, 4) is 0 Å². The highest BCUT2D eigenvalue weighted by Gasteiger charge is 2.23. The van der Waals surface area contributed by atoms with E-state index in [0.717, 1.165) is 11.8 Å². The maximum Gasteiger partial charge on any atom is 0.227 e. The molecular weight excluding hydrogens is 209 g/mol. The van der Waals surface area contributed by atoms with Crippen LogP contribution in [0, 0.1) is 5.82 Å². The molecule has 0 aliphatic carbocycles. The highest BCUT2D eigenvalue weighted by molar-refractivity contribution is 5.96. The van der Waals surface area contributed by atoms with Crippen molar-refractivity contribution in [3.05, 3.63) is 29.6 Å². The van der Waals surface area contributed by atoms with Crippen molar-refractivity contribution < 1.29 is 14.0 Å². The zero-order valence-electron chi connectivity index (χ0n) is 8.78. The number of anilines is 1. The summed E-state index contributed by atoms with van der Waals surface area (Å²) in [5.74, 6) is -0.399. The van der Waals surface area contributed by atoms with Crippen LogP contribution in [0.25, 0.3) is 0 Å². The third kappa shape index (κ3) is 1.96. The molecule has 3 nitrogen and oxygen atoms in total. The molecule has 0 fully saturated rings. The van der Waals surface area contributed by atoms with Crippen molar-refractivity contribution in [2.75, 3.05) is 11.4 Å². The quantitative estimate of drug-likeness (QED) is 0.728. The second-order valence-corrected chi connectivity index (χ2v) is 3.77. The van der Waals surface area contributed by atoms with Gasteiger partial charge in [-0.1, -0.05) is 6.07 Å². The topological polar surface area (TPSA) is 37.4 Å². The van der Waals surface area contributed by atoms with Crippen LogP contribution < -0.4 is 4.90 Å². The zero-order chi connectivity index (χ0) is 11.5. The smallest absolute Gasteiger partial charge is 0.227 e. The van der Waals surface area contributed by atoms with Gasteiger partial charge in [0, 0.05) is 25.1 Å². The standard InChI is InChI=1S/C12H12FNO2/c13-10-4-2-9-3-5-12(16)14(6-1-7-15)11(9)8-10/h2,4,7-8H,1,3,5-6H2. The fourth-order valence-corrected chi connectivity index (χ4v) is 1.94. The van der Waals surface area contributed by atoms with Gasteiger partial charge in [0.2, 0.25) is 5.91 Å². The molecule has 0 aromatic heterocycles. The molecule has 0 bridgehead atoms. The van der Waals surface area contributed by atoms with E-state index in [1.807, 2.05) is 0 Å². The summed E-state index contributed by atoms with van der Waals surface area (Å²) < 4.78 is 13.1. The summed E-state index contributed by atoms with van der Waals surface area (Å²) in [7, 11) is 0. The van der Waals surface area contributed by atoms with Crippen LogP contribution in [-0.2, 0) is 16.0 Å². The summed E-state index contributed by atoms with van der Waals surface area (Å²) in [5, 5.41) is 0. The van der Waals surface area contributed by atoms with E-state index in [0.29, 0.717) is 25.1 Å². The third-order valence-corrected chi connectivity index (χ3v) is 2.72. The van der Waals surface area contributed by atoms with Gasteiger partial charge >= 0.3 is 0 Å². The predicted molar refractivity (Wildman–Crippen MR) is 57.8 cm³/mol. The molecule has 0 atom stereocenters. The first kappa shape index (κ1) is 10.8. The molecule has 0 spiro atoms. The third-order valence-electron chi connectivity index (χ3n) is 2.72. The van der Waals surface area contributed by atoms with E-state index in [2.05, 4.69) is 0 Å². The van der Waals surface area contributed by atoms with Gasteiger partial charge in [0.05, 0.1) is 0 Å². The van der Waals surface area contributed by atoms with Crippen molar-refractivity contribution >= 4 is 17.9 Å². The molecule has 0 radical (unpaired) electrons. The Kier molecular flexibility index (Phi) is 2.99.